The van der Waals surface area contributed by atoms with Crippen LogP contribution < -0.4 is 10.2 Å². The second-order valence-corrected chi connectivity index (χ2v) is 4.21. The minimum absolute atomic E-state index is 0.474. The molecule has 84 valence electrons. The summed E-state index contributed by atoms with van der Waals surface area (Å²) in [6, 6.07) is 4.37. The second kappa shape index (κ2) is 3.79. The number of rotatable bonds is 1. The van der Waals surface area contributed by atoms with Crippen molar-refractivity contribution in [2.75, 3.05) is 24.5 Å². The summed E-state index contributed by atoms with van der Waals surface area (Å²) in [6.45, 7) is 5.24. The molecule has 1 N–H and O–H groups in total. The molecule has 1 unspecified atom stereocenters. The van der Waals surface area contributed by atoms with Crippen LogP contribution in [0.2, 0.25) is 0 Å². The molecule has 4 nitrogen and oxygen atoms in total. The first kappa shape index (κ1) is 9.66. The Morgan fingerprint density at radius 1 is 1.50 bits per heavy atom. The first-order chi connectivity index (χ1) is 7.86. The van der Waals surface area contributed by atoms with Crippen molar-refractivity contribution in [3.63, 3.8) is 0 Å². The van der Waals surface area contributed by atoms with E-state index >= 15 is 0 Å². The number of hydrogen-bond donors (Lipinski definition) is 1. The Balaban J connectivity index is 2.07. The fraction of sp³-hybridized carbons (Fsp3) is 0.417. The van der Waals surface area contributed by atoms with Crippen LogP contribution in [0, 0.1) is 0 Å². The van der Waals surface area contributed by atoms with Crippen molar-refractivity contribution >= 4 is 16.8 Å². The van der Waals surface area contributed by atoms with Crippen LogP contribution in [0.1, 0.15) is 6.92 Å². The minimum atomic E-state index is 0.474. The van der Waals surface area contributed by atoms with E-state index in [1.54, 1.807) is 6.26 Å². The first-order valence-corrected chi connectivity index (χ1v) is 5.66. The Morgan fingerprint density at radius 3 is 3.31 bits per heavy atom. The Morgan fingerprint density at radius 2 is 2.44 bits per heavy atom. The van der Waals surface area contributed by atoms with Gasteiger partial charge in [-0.05, 0) is 19.1 Å². The number of aromatic nitrogens is 1. The molecule has 3 heterocycles. The summed E-state index contributed by atoms with van der Waals surface area (Å²) < 4.78 is 5.40. The lowest BCUT2D eigenvalue weighted by Crippen LogP contribution is -2.50. The molecule has 2 aromatic rings. The van der Waals surface area contributed by atoms with E-state index in [0.29, 0.717) is 6.04 Å². The average Bonchev–Trinajstić information content (AvgIpc) is 2.77. The van der Waals surface area contributed by atoms with Crippen LogP contribution in [0.4, 0.5) is 5.82 Å². The van der Waals surface area contributed by atoms with Crippen LogP contribution in [0.15, 0.2) is 29.0 Å². The number of nitrogens with zero attached hydrogens (tertiary/aromatic N) is 2. The maximum Gasteiger partial charge on any atom is 0.140 e. The molecule has 0 aliphatic carbocycles. The predicted molar refractivity (Wildman–Crippen MR) is 63.7 cm³/mol. The number of fused-ring (bicyclic) bond motifs is 1. The van der Waals surface area contributed by atoms with Gasteiger partial charge in [-0.15, -0.1) is 0 Å². The number of furan rings is 1. The molecule has 16 heavy (non-hydrogen) atoms. The highest BCUT2D eigenvalue weighted by atomic mass is 16.3. The molecule has 2 aromatic heterocycles. The van der Waals surface area contributed by atoms with Crippen molar-refractivity contribution in [3.05, 3.63) is 24.6 Å². The van der Waals surface area contributed by atoms with Gasteiger partial charge in [0.05, 0.1) is 11.6 Å². The van der Waals surface area contributed by atoms with E-state index in [0.717, 1.165) is 36.4 Å². The van der Waals surface area contributed by atoms with Crippen LogP contribution in [-0.4, -0.2) is 30.7 Å². The summed E-state index contributed by atoms with van der Waals surface area (Å²) in [7, 11) is 0. The fourth-order valence-corrected chi connectivity index (χ4v) is 2.26. The van der Waals surface area contributed by atoms with Gasteiger partial charge in [0.15, 0.2) is 0 Å². The highest BCUT2D eigenvalue weighted by Gasteiger charge is 2.21. The quantitative estimate of drug-likeness (QED) is 0.788. The topological polar surface area (TPSA) is 41.3 Å². The highest BCUT2D eigenvalue weighted by molar-refractivity contribution is 5.88. The largest absolute Gasteiger partial charge is 0.464 e. The van der Waals surface area contributed by atoms with E-state index in [-0.39, 0.29) is 0 Å². The fourth-order valence-electron chi connectivity index (χ4n) is 2.26. The molecule has 1 saturated heterocycles. The van der Waals surface area contributed by atoms with Gasteiger partial charge < -0.3 is 14.6 Å². The van der Waals surface area contributed by atoms with Crippen molar-refractivity contribution in [1.82, 2.24) is 10.3 Å². The molecule has 1 atom stereocenters. The third-order valence-corrected chi connectivity index (χ3v) is 3.13. The number of pyridine rings is 1. The summed E-state index contributed by atoms with van der Waals surface area (Å²) >= 11 is 0. The van der Waals surface area contributed by atoms with Crippen LogP contribution in [0.5, 0.6) is 0 Å². The second-order valence-electron chi connectivity index (χ2n) is 4.21. The molecule has 0 spiro atoms. The van der Waals surface area contributed by atoms with E-state index in [1.807, 2.05) is 18.3 Å². The average molecular weight is 217 g/mol. The van der Waals surface area contributed by atoms with Crippen molar-refractivity contribution in [1.29, 1.82) is 0 Å². The minimum Gasteiger partial charge on any atom is -0.464 e. The molecule has 0 amide bonds. The lowest BCUT2D eigenvalue weighted by atomic mass is 10.2. The Labute approximate surface area is 94.3 Å². The summed E-state index contributed by atoms with van der Waals surface area (Å²) in [5.41, 5.74) is 0.913. The maximum atomic E-state index is 5.40. The van der Waals surface area contributed by atoms with Crippen molar-refractivity contribution in [2.45, 2.75) is 13.0 Å². The van der Waals surface area contributed by atoms with Gasteiger partial charge in [-0.1, -0.05) is 0 Å². The Kier molecular flexibility index (Phi) is 2.29. The van der Waals surface area contributed by atoms with Crippen LogP contribution >= 0.6 is 0 Å². The first-order valence-electron chi connectivity index (χ1n) is 5.66. The van der Waals surface area contributed by atoms with Gasteiger partial charge in [0.2, 0.25) is 0 Å². The number of piperazine rings is 1. The van der Waals surface area contributed by atoms with Crippen LogP contribution in [0.25, 0.3) is 11.0 Å². The van der Waals surface area contributed by atoms with Gasteiger partial charge in [0.25, 0.3) is 0 Å². The van der Waals surface area contributed by atoms with Gasteiger partial charge in [-0.2, -0.15) is 0 Å². The zero-order valence-electron chi connectivity index (χ0n) is 9.31. The van der Waals surface area contributed by atoms with Crippen LogP contribution in [0.3, 0.4) is 0 Å². The number of anilines is 1. The predicted octanol–water partition coefficient (Wildman–Crippen LogP) is 1.63. The molecule has 3 rings (SSSR count). The third-order valence-electron chi connectivity index (χ3n) is 3.13. The standard InChI is InChI=1S/C12H15N3O/c1-9-8-13-5-6-15(9)12-10-3-7-16-11(10)2-4-14-12/h2-4,7,9,13H,5-6,8H2,1H3. The van der Waals surface area contributed by atoms with E-state index in [2.05, 4.69) is 22.1 Å². The zero-order chi connectivity index (χ0) is 11.0. The van der Waals surface area contributed by atoms with Gasteiger partial charge >= 0.3 is 0 Å². The van der Waals surface area contributed by atoms with Gasteiger partial charge in [0.1, 0.15) is 11.4 Å². The normalized spacial score (nSPS) is 21.6. The van der Waals surface area contributed by atoms with Crippen molar-refractivity contribution in [3.8, 4) is 0 Å². The monoisotopic (exact) mass is 217 g/mol. The molecule has 0 aromatic carbocycles. The van der Waals surface area contributed by atoms with E-state index < -0.39 is 0 Å². The van der Waals surface area contributed by atoms with E-state index in [1.165, 1.54) is 0 Å². The molecule has 0 radical (unpaired) electrons. The maximum absolute atomic E-state index is 5.40. The third kappa shape index (κ3) is 1.46. The molecule has 0 bridgehead atoms. The number of hydrogen-bond acceptors (Lipinski definition) is 4. The molecular weight excluding hydrogens is 202 g/mol. The van der Waals surface area contributed by atoms with Crippen molar-refractivity contribution < 1.29 is 4.42 Å². The van der Waals surface area contributed by atoms with Gasteiger partial charge in [-0.3, -0.25) is 0 Å². The molecular formula is C12H15N3O. The zero-order valence-corrected chi connectivity index (χ0v) is 9.31. The highest BCUT2D eigenvalue weighted by Crippen LogP contribution is 2.26. The lowest BCUT2D eigenvalue weighted by Gasteiger charge is -2.35. The SMILES string of the molecule is CC1CNCCN1c1nccc2occc12. The van der Waals surface area contributed by atoms with E-state index in [9.17, 15) is 0 Å². The summed E-state index contributed by atoms with van der Waals surface area (Å²) in [5, 5.41) is 4.49. The Bertz CT molecular complexity index is 494. The van der Waals surface area contributed by atoms with Gasteiger partial charge in [0, 0.05) is 31.9 Å². The number of nitrogens with one attached hydrogen (secondary N) is 1. The molecule has 1 aliphatic heterocycles. The summed E-state index contributed by atoms with van der Waals surface area (Å²) in [5.74, 6) is 1.04. The molecule has 1 fully saturated rings. The lowest BCUT2D eigenvalue weighted by molar-refractivity contribution is 0.498. The summed E-state index contributed by atoms with van der Waals surface area (Å²) in [4.78, 5) is 6.83. The molecule has 1 aliphatic rings. The molecule has 0 saturated carbocycles. The smallest absolute Gasteiger partial charge is 0.140 e. The molecule has 4 heteroatoms. The van der Waals surface area contributed by atoms with Crippen LogP contribution in [-0.2, 0) is 0 Å². The van der Waals surface area contributed by atoms with Crippen molar-refractivity contribution in [2.24, 2.45) is 0 Å². The van der Waals surface area contributed by atoms with Gasteiger partial charge in [-0.25, -0.2) is 4.98 Å². The van der Waals surface area contributed by atoms with E-state index in [4.69, 9.17) is 4.42 Å². The summed E-state index contributed by atoms with van der Waals surface area (Å²) in [6.07, 6.45) is 3.54. The Hall–Kier alpha value is -1.55.